The number of benzene rings is 1. The summed E-state index contributed by atoms with van der Waals surface area (Å²) in [7, 11) is 0. The normalized spacial score (nSPS) is 10.7. The van der Waals surface area contributed by atoms with Crippen LogP contribution in [0.5, 0.6) is 0 Å². The number of anilines is 1. The molecule has 0 radical (unpaired) electrons. The maximum atomic E-state index is 6.01. The van der Waals surface area contributed by atoms with Gasteiger partial charge < -0.3 is 5.73 Å². The van der Waals surface area contributed by atoms with Crippen LogP contribution in [-0.2, 0) is 0 Å². The fourth-order valence-electron chi connectivity index (χ4n) is 2.26. The minimum Gasteiger partial charge on any atom is -0.382 e. The van der Waals surface area contributed by atoms with E-state index in [9.17, 15) is 0 Å². The largest absolute Gasteiger partial charge is 0.382 e. The minimum atomic E-state index is 0.482. The van der Waals surface area contributed by atoms with Crippen LogP contribution in [0.3, 0.4) is 0 Å². The van der Waals surface area contributed by atoms with E-state index in [0.717, 1.165) is 32.4 Å². The fraction of sp³-hybridized carbons (Fsp3) is 0.0667. The Morgan fingerprint density at radius 3 is 2.80 bits per heavy atom. The van der Waals surface area contributed by atoms with Crippen molar-refractivity contribution in [2.75, 3.05) is 5.73 Å². The first-order valence-electron chi connectivity index (χ1n) is 6.17. The molecule has 4 nitrogen and oxygen atoms in total. The summed E-state index contributed by atoms with van der Waals surface area (Å²) in [5.74, 6) is 0.482. The molecule has 0 aliphatic rings. The number of aryl methyl sites for hydroxylation is 1. The lowest BCUT2D eigenvalue weighted by Gasteiger charge is -2.07. The van der Waals surface area contributed by atoms with Gasteiger partial charge in [-0.1, -0.05) is 28.1 Å². The van der Waals surface area contributed by atoms with Crippen LogP contribution < -0.4 is 5.73 Å². The molecule has 0 atom stereocenters. The van der Waals surface area contributed by atoms with E-state index in [4.69, 9.17) is 5.73 Å². The van der Waals surface area contributed by atoms with Crippen molar-refractivity contribution in [1.29, 1.82) is 0 Å². The number of H-pyrrole nitrogens is 1. The molecule has 1 aromatic carbocycles. The van der Waals surface area contributed by atoms with Crippen molar-refractivity contribution in [1.82, 2.24) is 15.2 Å². The Balaban J connectivity index is 2.21. The van der Waals surface area contributed by atoms with Crippen LogP contribution in [0.15, 0.2) is 47.2 Å². The van der Waals surface area contributed by atoms with E-state index in [-0.39, 0.29) is 0 Å². The van der Waals surface area contributed by atoms with E-state index in [1.54, 1.807) is 12.4 Å². The van der Waals surface area contributed by atoms with Crippen molar-refractivity contribution in [3.05, 3.63) is 52.8 Å². The van der Waals surface area contributed by atoms with Crippen LogP contribution in [0.2, 0.25) is 0 Å². The van der Waals surface area contributed by atoms with Gasteiger partial charge in [-0.05, 0) is 30.7 Å². The summed E-state index contributed by atoms with van der Waals surface area (Å²) in [6.45, 7) is 2.06. The molecule has 0 spiro atoms. The van der Waals surface area contributed by atoms with Gasteiger partial charge in [-0.25, -0.2) is 0 Å². The zero-order valence-electron chi connectivity index (χ0n) is 10.9. The second-order valence-corrected chi connectivity index (χ2v) is 5.48. The van der Waals surface area contributed by atoms with E-state index >= 15 is 0 Å². The highest BCUT2D eigenvalue weighted by Gasteiger charge is 2.16. The maximum absolute atomic E-state index is 6.01. The molecule has 20 heavy (non-hydrogen) atoms. The second-order valence-electron chi connectivity index (χ2n) is 4.56. The van der Waals surface area contributed by atoms with Gasteiger partial charge in [0.1, 0.15) is 0 Å². The number of hydrogen-bond acceptors (Lipinski definition) is 3. The molecule has 3 rings (SSSR count). The summed E-state index contributed by atoms with van der Waals surface area (Å²) in [4.78, 5) is 4.15. The number of nitrogens with one attached hydrogen (secondary N) is 1. The molecule has 0 aliphatic heterocycles. The average Bonchev–Trinajstić information content (AvgIpc) is 2.81. The first-order chi connectivity index (χ1) is 9.66. The number of nitrogen functional groups attached to an aromatic ring is 1. The first kappa shape index (κ1) is 12.9. The van der Waals surface area contributed by atoms with Crippen LogP contribution in [0.4, 0.5) is 5.82 Å². The van der Waals surface area contributed by atoms with Crippen molar-refractivity contribution in [3.63, 3.8) is 0 Å². The van der Waals surface area contributed by atoms with Gasteiger partial charge in [0.05, 0.1) is 11.3 Å². The summed E-state index contributed by atoms with van der Waals surface area (Å²) < 4.78 is 1.05. The van der Waals surface area contributed by atoms with Crippen molar-refractivity contribution in [3.8, 4) is 22.4 Å². The van der Waals surface area contributed by atoms with Crippen molar-refractivity contribution < 1.29 is 0 Å². The Morgan fingerprint density at radius 2 is 2.10 bits per heavy atom. The van der Waals surface area contributed by atoms with Crippen molar-refractivity contribution in [2.24, 2.45) is 0 Å². The SMILES string of the molecule is Cc1cc(Br)ccc1-c1[nH]nc(N)c1-c1cccnc1. The zero-order valence-corrected chi connectivity index (χ0v) is 12.5. The van der Waals surface area contributed by atoms with Gasteiger partial charge >= 0.3 is 0 Å². The van der Waals surface area contributed by atoms with E-state index in [1.165, 1.54) is 0 Å². The third kappa shape index (κ3) is 2.20. The highest BCUT2D eigenvalue weighted by atomic mass is 79.9. The third-order valence-electron chi connectivity index (χ3n) is 3.20. The van der Waals surface area contributed by atoms with Crippen LogP contribution in [0, 0.1) is 6.92 Å². The first-order valence-corrected chi connectivity index (χ1v) is 6.97. The molecule has 0 unspecified atom stereocenters. The van der Waals surface area contributed by atoms with Gasteiger partial charge in [0.2, 0.25) is 0 Å². The summed E-state index contributed by atoms with van der Waals surface area (Å²) in [6.07, 6.45) is 3.53. The lowest BCUT2D eigenvalue weighted by Crippen LogP contribution is -1.90. The lowest BCUT2D eigenvalue weighted by atomic mass is 9.99. The number of nitrogens with zero attached hydrogens (tertiary/aromatic N) is 2. The Kier molecular flexibility index (Phi) is 3.28. The molecule has 2 aromatic heterocycles. The number of rotatable bonds is 2. The maximum Gasteiger partial charge on any atom is 0.153 e. The van der Waals surface area contributed by atoms with Gasteiger partial charge in [-0.3, -0.25) is 10.1 Å². The van der Waals surface area contributed by atoms with Gasteiger partial charge in [-0.15, -0.1) is 0 Å². The van der Waals surface area contributed by atoms with E-state index < -0.39 is 0 Å². The molecule has 0 saturated carbocycles. The molecule has 5 heteroatoms. The Labute approximate surface area is 125 Å². The zero-order chi connectivity index (χ0) is 14.1. The lowest BCUT2D eigenvalue weighted by molar-refractivity contribution is 1.10. The number of aromatic amines is 1. The molecule has 0 fully saturated rings. The minimum absolute atomic E-state index is 0.482. The monoisotopic (exact) mass is 328 g/mol. The van der Waals surface area contributed by atoms with Crippen LogP contribution in [0.25, 0.3) is 22.4 Å². The molecule has 100 valence electrons. The molecule has 3 aromatic rings. The molecule has 3 N–H and O–H groups in total. The highest BCUT2D eigenvalue weighted by Crippen LogP contribution is 2.36. The standard InChI is InChI=1S/C15H13BrN4/c1-9-7-11(16)4-5-12(9)14-13(15(17)20-19-14)10-3-2-6-18-8-10/h2-8H,1H3,(H3,17,19,20). The van der Waals surface area contributed by atoms with E-state index in [1.807, 2.05) is 24.3 Å². The van der Waals surface area contributed by atoms with Crippen LogP contribution in [-0.4, -0.2) is 15.2 Å². The predicted octanol–water partition coefficient (Wildman–Crippen LogP) is 3.79. The smallest absolute Gasteiger partial charge is 0.153 e. The fourth-order valence-corrected chi connectivity index (χ4v) is 2.74. The molecule has 0 amide bonds. The molecule has 2 heterocycles. The summed E-state index contributed by atoms with van der Waals surface area (Å²) in [6, 6.07) is 9.99. The van der Waals surface area contributed by atoms with Crippen molar-refractivity contribution >= 4 is 21.7 Å². The number of hydrogen-bond donors (Lipinski definition) is 2. The summed E-state index contributed by atoms with van der Waals surface area (Å²) in [5, 5.41) is 7.18. The second kappa shape index (κ2) is 5.09. The number of aromatic nitrogens is 3. The Hall–Kier alpha value is -2.14. The van der Waals surface area contributed by atoms with Crippen molar-refractivity contribution in [2.45, 2.75) is 6.92 Å². The van der Waals surface area contributed by atoms with E-state index in [2.05, 4.69) is 44.1 Å². The van der Waals surface area contributed by atoms with Gasteiger partial charge in [0.25, 0.3) is 0 Å². The summed E-state index contributed by atoms with van der Waals surface area (Å²) in [5.41, 5.74) is 11.0. The number of nitrogens with two attached hydrogens (primary N) is 1. The third-order valence-corrected chi connectivity index (χ3v) is 3.70. The van der Waals surface area contributed by atoms with Crippen LogP contribution in [0.1, 0.15) is 5.56 Å². The quantitative estimate of drug-likeness (QED) is 0.752. The number of pyridine rings is 1. The Morgan fingerprint density at radius 1 is 1.25 bits per heavy atom. The average molecular weight is 329 g/mol. The number of halogens is 1. The predicted molar refractivity (Wildman–Crippen MR) is 84.1 cm³/mol. The molecule has 0 saturated heterocycles. The van der Waals surface area contributed by atoms with Crippen LogP contribution >= 0.6 is 15.9 Å². The van der Waals surface area contributed by atoms with Gasteiger partial charge in [-0.2, -0.15) is 5.10 Å². The molecular formula is C15H13BrN4. The summed E-state index contributed by atoms with van der Waals surface area (Å²) >= 11 is 3.48. The molecule has 0 bridgehead atoms. The molecular weight excluding hydrogens is 316 g/mol. The molecule has 0 aliphatic carbocycles. The van der Waals surface area contributed by atoms with Gasteiger partial charge in [0, 0.05) is 28.0 Å². The van der Waals surface area contributed by atoms with E-state index in [0.29, 0.717) is 5.82 Å². The topological polar surface area (TPSA) is 67.6 Å². The van der Waals surface area contributed by atoms with Gasteiger partial charge in [0.15, 0.2) is 5.82 Å². The highest BCUT2D eigenvalue weighted by molar-refractivity contribution is 9.10. The Bertz CT molecular complexity index is 750.